The third-order valence-electron chi connectivity index (χ3n) is 2.48. The summed E-state index contributed by atoms with van der Waals surface area (Å²) in [5.41, 5.74) is 1.76. The first-order valence-electron chi connectivity index (χ1n) is 4.99. The molecule has 0 fully saturated rings. The van der Waals surface area contributed by atoms with E-state index in [2.05, 4.69) is 10.1 Å². The Labute approximate surface area is 108 Å². The van der Waals surface area contributed by atoms with E-state index in [4.69, 9.17) is 23.2 Å². The van der Waals surface area contributed by atoms with Crippen molar-refractivity contribution in [3.63, 3.8) is 0 Å². The minimum absolute atomic E-state index is 0.601. The van der Waals surface area contributed by atoms with Crippen LogP contribution in [-0.4, -0.2) is 14.8 Å². The first kappa shape index (κ1) is 10.6. The maximum absolute atomic E-state index is 5.94. The average molecular weight is 264 g/mol. The van der Waals surface area contributed by atoms with Crippen molar-refractivity contribution in [2.45, 2.75) is 0 Å². The lowest BCUT2D eigenvalue weighted by atomic mass is 10.2. The van der Waals surface area contributed by atoms with Crippen LogP contribution in [-0.2, 0) is 0 Å². The second-order valence-corrected chi connectivity index (χ2v) is 4.47. The number of hydrogen-bond donors (Lipinski definition) is 0. The number of aromatic nitrogens is 3. The van der Waals surface area contributed by atoms with Gasteiger partial charge < -0.3 is 0 Å². The first-order valence-corrected chi connectivity index (χ1v) is 5.74. The van der Waals surface area contributed by atoms with Crippen LogP contribution in [0.15, 0.2) is 42.9 Å². The number of halogens is 2. The SMILES string of the molecule is Clc1ccc2c(-n3cc(Cl)cn3)ccnc2c1. The molecule has 0 spiro atoms. The fraction of sp³-hybridized carbons (Fsp3) is 0. The molecule has 0 bridgehead atoms. The fourth-order valence-electron chi connectivity index (χ4n) is 1.74. The van der Waals surface area contributed by atoms with E-state index in [-0.39, 0.29) is 0 Å². The molecule has 0 aliphatic carbocycles. The Kier molecular flexibility index (Phi) is 2.50. The molecule has 2 heterocycles. The van der Waals surface area contributed by atoms with Gasteiger partial charge in [-0.05, 0) is 24.3 Å². The van der Waals surface area contributed by atoms with Gasteiger partial charge in [0.25, 0.3) is 0 Å². The van der Waals surface area contributed by atoms with Gasteiger partial charge in [-0.2, -0.15) is 5.10 Å². The van der Waals surface area contributed by atoms with E-state index in [0.717, 1.165) is 16.6 Å². The lowest BCUT2D eigenvalue weighted by Crippen LogP contribution is -1.96. The predicted molar refractivity (Wildman–Crippen MR) is 68.9 cm³/mol. The third kappa shape index (κ3) is 1.88. The summed E-state index contributed by atoms with van der Waals surface area (Å²) in [5.74, 6) is 0. The molecule has 0 aliphatic heterocycles. The van der Waals surface area contributed by atoms with Gasteiger partial charge in [-0.25, -0.2) is 4.68 Å². The average Bonchev–Trinajstić information content (AvgIpc) is 2.74. The van der Waals surface area contributed by atoms with Crippen molar-refractivity contribution in [3.8, 4) is 5.69 Å². The van der Waals surface area contributed by atoms with E-state index < -0.39 is 0 Å². The quantitative estimate of drug-likeness (QED) is 0.670. The molecule has 0 N–H and O–H groups in total. The normalized spacial score (nSPS) is 10.9. The summed E-state index contributed by atoms with van der Waals surface area (Å²) in [4.78, 5) is 4.28. The van der Waals surface area contributed by atoms with E-state index in [1.165, 1.54) is 0 Å². The predicted octanol–water partition coefficient (Wildman–Crippen LogP) is 3.73. The number of pyridine rings is 1. The van der Waals surface area contributed by atoms with Crippen LogP contribution in [0, 0.1) is 0 Å². The van der Waals surface area contributed by atoms with E-state index in [1.54, 1.807) is 23.3 Å². The van der Waals surface area contributed by atoms with Crippen molar-refractivity contribution in [1.82, 2.24) is 14.8 Å². The van der Waals surface area contributed by atoms with Gasteiger partial charge in [0.05, 0.1) is 22.4 Å². The maximum atomic E-state index is 5.94. The Balaban J connectivity index is 2.30. The van der Waals surface area contributed by atoms with Crippen LogP contribution in [0.3, 0.4) is 0 Å². The number of fused-ring (bicyclic) bond motifs is 1. The molecule has 0 radical (unpaired) electrons. The largest absolute Gasteiger partial charge is 0.256 e. The van der Waals surface area contributed by atoms with Crippen LogP contribution >= 0.6 is 23.2 Å². The Hall–Kier alpha value is -1.58. The zero-order valence-corrected chi connectivity index (χ0v) is 10.2. The topological polar surface area (TPSA) is 30.7 Å². The van der Waals surface area contributed by atoms with E-state index in [0.29, 0.717) is 10.0 Å². The Bertz CT molecular complexity index is 691. The molecule has 0 saturated carbocycles. The molecule has 0 atom stereocenters. The summed E-state index contributed by atoms with van der Waals surface area (Å²) < 4.78 is 1.72. The number of rotatable bonds is 1. The summed E-state index contributed by atoms with van der Waals surface area (Å²) in [6.07, 6.45) is 5.08. The van der Waals surface area contributed by atoms with Gasteiger partial charge in [-0.1, -0.05) is 23.2 Å². The van der Waals surface area contributed by atoms with Crippen LogP contribution in [0.2, 0.25) is 10.0 Å². The van der Waals surface area contributed by atoms with Gasteiger partial charge in [0.1, 0.15) is 0 Å². The van der Waals surface area contributed by atoms with Crippen LogP contribution in [0.1, 0.15) is 0 Å². The van der Waals surface area contributed by atoms with Gasteiger partial charge in [-0.15, -0.1) is 0 Å². The molecular weight excluding hydrogens is 257 g/mol. The molecule has 0 aliphatic rings. The minimum atomic E-state index is 0.601. The number of hydrogen-bond acceptors (Lipinski definition) is 2. The molecule has 2 aromatic heterocycles. The Morgan fingerprint density at radius 3 is 2.71 bits per heavy atom. The summed E-state index contributed by atoms with van der Waals surface area (Å²) in [7, 11) is 0. The number of benzene rings is 1. The van der Waals surface area contributed by atoms with Crippen LogP contribution in [0.25, 0.3) is 16.6 Å². The molecule has 3 nitrogen and oxygen atoms in total. The van der Waals surface area contributed by atoms with E-state index in [9.17, 15) is 0 Å². The smallest absolute Gasteiger partial charge is 0.0790 e. The van der Waals surface area contributed by atoms with Crippen molar-refractivity contribution < 1.29 is 0 Å². The first-order chi connectivity index (χ1) is 8.24. The summed E-state index contributed by atoms with van der Waals surface area (Å²) >= 11 is 11.8. The van der Waals surface area contributed by atoms with Gasteiger partial charge >= 0.3 is 0 Å². The molecule has 0 unspecified atom stereocenters. The van der Waals surface area contributed by atoms with E-state index in [1.807, 2.05) is 24.3 Å². The highest BCUT2D eigenvalue weighted by molar-refractivity contribution is 6.31. The van der Waals surface area contributed by atoms with Crippen molar-refractivity contribution in [2.75, 3.05) is 0 Å². The van der Waals surface area contributed by atoms with Gasteiger partial charge in [0.15, 0.2) is 0 Å². The van der Waals surface area contributed by atoms with Crippen molar-refractivity contribution in [1.29, 1.82) is 0 Å². The standard InChI is InChI=1S/C12H7Cl2N3/c13-8-1-2-10-11(5-8)15-4-3-12(10)17-7-9(14)6-16-17/h1-7H. The van der Waals surface area contributed by atoms with E-state index >= 15 is 0 Å². The molecular formula is C12H7Cl2N3. The van der Waals surface area contributed by atoms with Crippen molar-refractivity contribution >= 4 is 34.1 Å². The van der Waals surface area contributed by atoms with Gasteiger partial charge in [0.2, 0.25) is 0 Å². The van der Waals surface area contributed by atoms with Crippen LogP contribution in [0.4, 0.5) is 0 Å². The summed E-state index contributed by atoms with van der Waals surface area (Å²) in [6, 6.07) is 7.47. The summed E-state index contributed by atoms with van der Waals surface area (Å²) in [5, 5.41) is 6.43. The van der Waals surface area contributed by atoms with Crippen LogP contribution in [0.5, 0.6) is 0 Å². The van der Waals surface area contributed by atoms with Crippen LogP contribution < -0.4 is 0 Å². The second-order valence-electron chi connectivity index (χ2n) is 3.59. The lowest BCUT2D eigenvalue weighted by molar-refractivity contribution is 0.886. The van der Waals surface area contributed by atoms with Crippen molar-refractivity contribution in [3.05, 3.63) is 52.9 Å². The third-order valence-corrected chi connectivity index (χ3v) is 2.91. The molecule has 1 aromatic carbocycles. The highest BCUT2D eigenvalue weighted by atomic mass is 35.5. The molecule has 5 heteroatoms. The fourth-order valence-corrected chi connectivity index (χ4v) is 2.04. The van der Waals surface area contributed by atoms with Gasteiger partial charge in [-0.3, -0.25) is 4.98 Å². The second kappa shape index (κ2) is 4.02. The Morgan fingerprint density at radius 1 is 1.06 bits per heavy atom. The molecule has 3 rings (SSSR count). The summed E-state index contributed by atoms with van der Waals surface area (Å²) in [6.45, 7) is 0. The zero-order chi connectivity index (χ0) is 11.8. The highest BCUT2D eigenvalue weighted by Crippen LogP contribution is 2.23. The highest BCUT2D eigenvalue weighted by Gasteiger charge is 2.05. The zero-order valence-electron chi connectivity index (χ0n) is 8.64. The maximum Gasteiger partial charge on any atom is 0.0790 e. The minimum Gasteiger partial charge on any atom is -0.256 e. The van der Waals surface area contributed by atoms with Crippen molar-refractivity contribution in [2.24, 2.45) is 0 Å². The molecule has 3 aromatic rings. The monoisotopic (exact) mass is 263 g/mol. The Morgan fingerprint density at radius 2 is 1.94 bits per heavy atom. The number of nitrogens with zero attached hydrogens (tertiary/aromatic N) is 3. The molecule has 0 amide bonds. The molecule has 17 heavy (non-hydrogen) atoms. The molecule has 0 saturated heterocycles. The lowest BCUT2D eigenvalue weighted by Gasteiger charge is -2.05. The van der Waals surface area contributed by atoms with Gasteiger partial charge in [0, 0.05) is 22.8 Å². The molecule has 84 valence electrons.